The third-order valence-corrected chi connectivity index (χ3v) is 5.62. The molecule has 1 heterocycles. The van der Waals surface area contributed by atoms with Gasteiger partial charge in [0.05, 0.1) is 0 Å². The number of sulfonamides is 1. The maximum absolute atomic E-state index is 12.4. The number of carbonyl (C=O) groups is 1. The Labute approximate surface area is 129 Å². The van der Waals surface area contributed by atoms with Crippen LogP contribution in [0, 0.1) is 13.8 Å². The fourth-order valence-corrected chi connectivity index (χ4v) is 4.52. The molecule has 0 aromatic carbocycles. The summed E-state index contributed by atoms with van der Waals surface area (Å²) in [7, 11) is -3.92. The number of nitrogens with one attached hydrogen (secondary N) is 1. The molecule has 1 unspecified atom stereocenters. The highest BCUT2D eigenvalue weighted by Crippen LogP contribution is 2.26. The summed E-state index contributed by atoms with van der Waals surface area (Å²) in [6.07, 6.45) is 0.677. The summed E-state index contributed by atoms with van der Waals surface area (Å²) in [4.78, 5) is 11.0. The molecule has 0 saturated carbocycles. The van der Waals surface area contributed by atoms with Crippen LogP contribution in [-0.2, 0) is 10.0 Å². The Morgan fingerprint density at radius 1 is 1.38 bits per heavy atom. The molecule has 0 aliphatic carbocycles. The van der Waals surface area contributed by atoms with Crippen molar-refractivity contribution in [2.45, 2.75) is 45.1 Å². The Hall–Kier alpha value is -0.990. The first kappa shape index (κ1) is 18.1. The maximum atomic E-state index is 12.4. The third-order valence-electron chi connectivity index (χ3n) is 2.94. The van der Waals surface area contributed by atoms with Crippen molar-refractivity contribution in [2.24, 2.45) is 0 Å². The van der Waals surface area contributed by atoms with Crippen LogP contribution in [0.15, 0.2) is 9.31 Å². The zero-order valence-corrected chi connectivity index (χ0v) is 14.2. The predicted octanol–water partition coefficient (Wildman–Crippen LogP) is 2.40. The van der Waals surface area contributed by atoms with Gasteiger partial charge in [0.2, 0.25) is 10.0 Å². The lowest BCUT2D eigenvalue weighted by Gasteiger charge is -2.14. The molecule has 2 N–H and O–H groups in total. The van der Waals surface area contributed by atoms with Crippen molar-refractivity contribution in [3.8, 4) is 0 Å². The van der Waals surface area contributed by atoms with Gasteiger partial charge in [0, 0.05) is 6.04 Å². The summed E-state index contributed by atoms with van der Waals surface area (Å²) in [5.74, 6) is 0.693. The summed E-state index contributed by atoms with van der Waals surface area (Å²) in [5, 5.41) is 9.18. The monoisotopic (exact) mass is 335 g/mol. The minimum atomic E-state index is -3.92. The third kappa shape index (κ3) is 4.49. The highest BCUT2D eigenvalue weighted by atomic mass is 32.2. The molecule has 0 radical (unpaired) electrons. The smallest absolute Gasteiger partial charge is 0.340 e. The van der Waals surface area contributed by atoms with Gasteiger partial charge in [-0.2, -0.15) is 11.8 Å². The molecule has 8 heteroatoms. The van der Waals surface area contributed by atoms with Crippen molar-refractivity contribution in [1.82, 2.24) is 4.72 Å². The van der Waals surface area contributed by atoms with E-state index in [-0.39, 0.29) is 28.0 Å². The van der Waals surface area contributed by atoms with Gasteiger partial charge in [-0.1, -0.05) is 6.92 Å². The van der Waals surface area contributed by atoms with Crippen LogP contribution in [0.2, 0.25) is 0 Å². The molecule has 0 saturated heterocycles. The first-order chi connectivity index (χ1) is 9.70. The van der Waals surface area contributed by atoms with Gasteiger partial charge in [0.25, 0.3) is 0 Å². The number of hydrogen-bond donors (Lipinski definition) is 2. The Morgan fingerprint density at radius 2 is 2.00 bits per heavy atom. The second kappa shape index (κ2) is 7.33. The Bertz CT molecular complexity index is 606. The molecule has 0 aliphatic heterocycles. The molecule has 21 heavy (non-hydrogen) atoms. The van der Waals surface area contributed by atoms with Gasteiger partial charge in [-0.25, -0.2) is 17.9 Å². The predicted molar refractivity (Wildman–Crippen MR) is 82.5 cm³/mol. The van der Waals surface area contributed by atoms with Gasteiger partial charge in [-0.15, -0.1) is 0 Å². The summed E-state index contributed by atoms with van der Waals surface area (Å²) < 4.78 is 32.5. The standard InChI is InChI=1S/C13H21NO5S2/c1-5-20-7-6-8(2)14-21(17,18)12-10(4)19-9(3)11(12)13(15)16/h8,14H,5-7H2,1-4H3,(H,15,16). The van der Waals surface area contributed by atoms with Crippen LogP contribution in [-0.4, -0.2) is 37.0 Å². The van der Waals surface area contributed by atoms with E-state index in [2.05, 4.69) is 4.72 Å². The molecule has 0 spiro atoms. The minimum Gasteiger partial charge on any atom is -0.478 e. The minimum absolute atomic E-state index is 0.0903. The van der Waals surface area contributed by atoms with E-state index in [1.165, 1.54) is 13.8 Å². The Balaban J connectivity index is 3.01. The van der Waals surface area contributed by atoms with Crippen LogP contribution >= 0.6 is 11.8 Å². The van der Waals surface area contributed by atoms with Gasteiger partial charge in [0.15, 0.2) is 0 Å². The van der Waals surface area contributed by atoms with E-state index in [0.717, 1.165) is 11.5 Å². The van der Waals surface area contributed by atoms with Crippen molar-refractivity contribution >= 4 is 27.8 Å². The normalized spacial score (nSPS) is 13.3. The number of thioether (sulfide) groups is 1. The van der Waals surface area contributed by atoms with Crippen molar-refractivity contribution < 1.29 is 22.7 Å². The van der Waals surface area contributed by atoms with Gasteiger partial charge >= 0.3 is 5.97 Å². The molecule has 120 valence electrons. The summed E-state index contributed by atoms with van der Waals surface area (Å²) >= 11 is 1.73. The molecule has 0 aliphatic rings. The van der Waals surface area contributed by atoms with Crippen LogP contribution < -0.4 is 4.72 Å². The summed E-state index contributed by atoms with van der Waals surface area (Å²) in [5.41, 5.74) is -0.296. The Kier molecular flexibility index (Phi) is 6.30. The first-order valence-electron chi connectivity index (χ1n) is 6.64. The van der Waals surface area contributed by atoms with Crippen LogP contribution in [0.1, 0.15) is 42.1 Å². The maximum Gasteiger partial charge on any atom is 0.340 e. The van der Waals surface area contributed by atoms with Crippen LogP contribution in [0.5, 0.6) is 0 Å². The highest BCUT2D eigenvalue weighted by Gasteiger charge is 2.31. The molecular formula is C13H21NO5S2. The Morgan fingerprint density at radius 3 is 2.52 bits per heavy atom. The van der Waals surface area contributed by atoms with E-state index in [1.807, 2.05) is 6.92 Å². The molecular weight excluding hydrogens is 314 g/mol. The number of furan rings is 1. The average molecular weight is 335 g/mol. The SMILES string of the molecule is CCSCCC(C)NS(=O)(=O)c1c(C)oc(C)c1C(=O)O. The molecule has 6 nitrogen and oxygen atoms in total. The van der Waals surface area contributed by atoms with Gasteiger partial charge in [0.1, 0.15) is 22.0 Å². The van der Waals surface area contributed by atoms with Crippen LogP contribution in [0.3, 0.4) is 0 Å². The van der Waals surface area contributed by atoms with Gasteiger partial charge < -0.3 is 9.52 Å². The quantitative estimate of drug-likeness (QED) is 0.708. The number of aromatic carboxylic acids is 1. The van der Waals surface area contributed by atoms with Gasteiger partial charge in [-0.05, 0) is 38.7 Å². The van der Waals surface area contributed by atoms with Gasteiger partial charge in [-0.3, -0.25) is 0 Å². The molecule has 1 rings (SSSR count). The number of aryl methyl sites for hydroxylation is 2. The summed E-state index contributed by atoms with van der Waals surface area (Å²) in [6, 6.07) is -0.273. The molecule has 1 aromatic rings. The largest absolute Gasteiger partial charge is 0.478 e. The fraction of sp³-hybridized carbons (Fsp3) is 0.615. The number of rotatable bonds is 8. The van der Waals surface area contributed by atoms with E-state index in [9.17, 15) is 18.3 Å². The van der Waals surface area contributed by atoms with Crippen molar-refractivity contribution in [2.75, 3.05) is 11.5 Å². The zero-order chi connectivity index (χ0) is 16.2. The van der Waals surface area contributed by atoms with Crippen molar-refractivity contribution in [3.05, 3.63) is 17.1 Å². The molecule has 0 amide bonds. The van der Waals surface area contributed by atoms with Crippen LogP contribution in [0.4, 0.5) is 0 Å². The second-order valence-electron chi connectivity index (χ2n) is 4.73. The lowest BCUT2D eigenvalue weighted by Crippen LogP contribution is -2.34. The second-order valence-corrected chi connectivity index (χ2v) is 7.78. The van der Waals surface area contributed by atoms with E-state index >= 15 is 0 Å². The topological polar surface area (TPSA) is 96.6 Å². The fourth-order valence-electron chi connectivity index (χ4n) is 2.02. The number of hydrogen-bond acceptors (Lipinski definition) is 5. The number of carboxylic acid groups (broad SMARTS) is 1. The van der Waals surface area contributed by atoms with Crippen molar-refractivity contribution in [3.63, 3.8) is 0 Å². The number of carboxylic acids is 1. The first-order valence-corrected chi connectivity index (χ1v) is 9.27. The molecule has 1 aromatic heterocycles. The zero-order valence-electron chi connectivity index (χ0n) is 12.6. The molecule has 0 bridgehead atoms. The van der Waals surface area contributed by atoms with Crippen molar-refractivity contribution in [1.29, 1.82) is 0 Å². The summed E-state index contributed by atoms with van der Waals surface area (Å²) in [6.45, 7) is 6.69. The molecule has 1 atom stereocenters. The average Bonchev–Trinajstić information content (AvgIpc) is 2.64. The lowest BCUT2D eigenvalue weighted by molar-refractivity contribution is 0.0691. The van der Waals surface area contributed by atoms with E-state index in [0.29, 0.717) is 6.42 Å². The highest BCUT2D eigenvalue weighted by molar-refractivity contribution is 7.99. The van der Waals surface area contributed by atoms with E-state index in [1.54, 1.807) is 18.7 Å². The molecule has 0 fully saturated rings. The van der Waals surface area contributed by atoms with E-state index in [4.69, 9.17) is 4.42 Å². The lowest BCUT2D eigenvalue weighted by atomic mass is 10.2. The van der Waals surface area contributed by atoms with E-state index < -0.39 is 16.0 Å². The van der Waals surface area contributed by atoms with Crippen LogP contribution in [0.25, 0.3) is 0 Å².